The predicted molar refractivity (Wildman–Crippen MR) is 152 cm³/mol. The summed E-state index contributed by atoms with van der Waals surface area (Å²) in [7, 11) is 0. The molecule has 3 amide bonds. The van der Waals surface area contributed by atoms with Crippen LogP contribution in [0.5, 0.6) is 5.75 Å². The first-order chi connectivity index (χ1) is 18.9. The third kappa shape index (κ3) is 9.53. The number of piperazine rings is 1. The van der Waals surface area contributed by atoms with Crippen LogP contribution in [0.4, 0.5) is 4.79 Å². The summed E-state index contributed by atoms with van der Waals surface area (Å²) in [6.45, 7) is 9.14. The van der Waals surface area contributed by atoms with Crippen molar-refractivity contribution in [2.75, 3.05) is 32.8 Å². The smallest absolute Gasteiger partial charge is 0.408 e. The van der Waals surface area contributed by atoms with Gasteiger partial charge in [0.1, 0.15) is 23.4 Å². The molecule has 0 aromatic heterocycles. The SMILES string of the molecule is C[C@@H](NC(=O)[C@H](Cc1ccc(O)cc1)NC(=O)OC(C)(C)C)C(=O)N1CCN(CCO)C[C@@H]1Cc1ccccc1. The van der Waals surface area contributed by atoms with E-state index in [-0.39, 0.29) is 30.7 Å². The number of nitrogens with one attached hydrogen (secondary N) is 2. The summed E-state index contributed by atoms with van der Waals surface area (Å²) in [5, 5.41) is 24.5. The molecule has 1 fully saturated rings. The Morgan fingerprint density at radius 3 is 2.30 bits per heavy atom. The van der Waals surface area contributed by atoms with Crippen LogP contribution in [-0.2, 0) is 27.2 Å². The fourth-order valence-electron chi connectivity index (χ4n) is 4.77. The minimum atomic E-state index is -1.00. The first kappa shape index (κ1) is 30.9. The van der Waals surface area contributed by atoms with Crippen molar-refractivity contribution in [3.05, 3.63) is 65.7 Å². The van der Waals surface area contributed by atoms with E-state index < -0.39 is 29.7 Å². The summed E-state index contributed by atoms with van der Waals surface area (Å²) in [5.41, 5.74) is 1.07. The van der Waals surface area contributed by atoms with Crippen LogP contribution in [0.25, 0.3) is 0 Å². The minimum Gasteiger partial charge on any atom is -0.508 e. The Kier molecular flexibility index (Phi) is 10.9. The van der Waals surface area contributed by atoms with Crippen LogP contribution >= 0.6 is 0 Å². The number of aliphatic hydroxyl groups is 1. The van der Waals surface area contributed by atoms with E-state index in [1.807, 2.05) is 35.2 Å². The molecule has 1 saturated heterocycles. The number of carbonyl (C=O) groups excluding carboxylic acids is 3. The highest BCUT2D eigenvalue weighted by Crippen LogP contribution is 2.17. The zero-order chi connectivity index (χ0) is 29.3. The van der Waals surface area contributed by atoms with Crippen LogP contribution in [0.1, 0.15) is 38.8 Å². The van der Waals surface area contributed by atoms with Crippen LogP contribution < -0.4 is 10.6 Å². The van der Waals surface area contributed by atoms with E-state index in [0.29, 0.717) is 32.6 Å². The Labute approximate surface area is 236 Å². The summed E-state index contributed by atoms with van der Waals surface area (Å²) >= 11 is 0. The molecule has 10 nitrogen and oxygen atoms in total. The molecular weight excluding hydrogens is 512 g/mol. The summed E-state index contributed by atoms with van der Waals surface area (Å²) < 4.78 is 5.36. The summed E-state index contributed by atoms with van der Waals surface area (Å²) in [6.07, 6.45) is 0.0510. The molecular formula is C30H42N4O6. The molecule has 1 aliphatic heterocycles. The first-order valence-electron chi connectivity index (χ1n) is 13.7. The summed E-state index contributed by atoms with van der Waals surface area (Å²) in [5.74, 6) is -0.634. The van der Waals surface area contributed by atoms with Gasteiger partial charge in [-0.3, -0.25) is 14.5 Å². The standard InChI is InChI=1S/C30H42N4O6/c1-21(28(38)34-15-14-33(16-17-35)20-24(34)18-22-8-6-5-7-9-22)31-27(37)26(32-29(39)40-30(2,3)4)19-23-10-12-25(36)13-11-23/h5-13,21,24,26,35-36H,14-20H2,1-4H3,(H,31,37)(H,32,39)/t21-,24+,26+/m1/s1. The topological polar surface area (TPSA) is 131 Å². The molecule has 2 aromatic rings. The number of β-amino-alcohol motifs (C(OH)–C–C–N with tert-alkyl or cyclic N) is 1. The average Bonchev–Trinajstić information content (AvgIpc) is 2.89. The van der Waals surface area contributed by atoms with E-state index in [4.69, 9.17) is 4.74 Å². The molecule has 0 radical (unpaired) electrons. The van der Waals surface area contributed by atoms with Gasteiger partial charge in [0, 0.05) is 38.6 Å². The van der Waals surface area contributed by atoms with Crippen molar-refractivity contribution >= 4 is 17.9 Å². The van der Waals surface area contributed by atoms with Crippen LogP contribution in [0, 0.1) is 0 Å². The second-order valence-electron chi connectivity index (χ2n) is 11.2. The molecule has 218 valence electrons. The van der Waals surface area contributed by atoms with Crippen molar-refractivity contribution in [3.8, 4) is 5.75 Å². The van der Waals surface area contributed by atoms with Crippen molar-refractivity contribution in [2.24, 2.45) is 0 Å². The molecule has 2 aromatic carbocycles. The van der Waals surface area contributed by atoms with E-state index >= 15 is 0 Å². The Morgan fingerprint density at radius 2 is 1.68 bits per heavy atom. The number of benzene rings is 2. The number of amides is 3. The zero-order valence-electron chi connectivity index (χ0n) is 23.8. The lowest BCUT2D eigenvalue weighted by molar-refractivity contribution is -0.140. The number of phenolic OH excluding ortho intramolecular Hbond substituents is 1. The van der Waals surface area contributed by atoms with Gasteiger partial charge in [0.15, 0.2) is 0 Å². The number of aliphatic hydroxyl groups excluding tert-OH is 1. The number of alkyl carbamates (subject to hydrolysis) is 1. The molecule has 40 heavy (non-hydrogen) atoms. The van der Waals surface area contributed by atoms with Gasteiger partial charge in [0.05, 0.1) is 6.61 Å². The lowest BCUT2D eigenvalue weighted by Crippen LogP contribution is -2.61. The second kappa shape index (κ2) is 14.1. The lowest BCUT2D eigenvalue weighted by Gasteiger charge is -2.42. The van der Waals surface area contributed by atoms with Crippen LogP contribution in [0.15, 0.2) is 54.6 Å². The maximum absolute atomic E-state index is 13.6. The largest absolute Gasteiger partial charge is 0.508 e. The van der Waals surface area contributed by atoms with Crippen molar-refractivity contribution in [2.45, 2.75) is 64.3 Å². The van der Waals surface area contributed by atoms with Crippen LogP contribution in [0.3, 0.4) is 0 Å². The lowest BCUT2D eigenvalue weighted by atomic mass is 10.0. The summed E-state index contributed by atoms with van der Waals surface area (Å²) in [4.78, 5) is 43.5. The quantitative estimate of drug-likeness (QED) is 0.354. The monoisotopic (exact) mass is 554 g/mol. The second-order valence-corrected chi connectivity index (χ2v) is 11.2. The number of hydrogen-bond acceptors (Lipinski definition) is 7. The van der Waals surface area contributed by atoms with Gasteiger partial charge in [-0.25, -0.2) is 4.79 Å². The molecule has 0 unspecified atom stereocenters. The Bertz CT molecular complexity index is 1120. The number of phenols is 1. The Morgan fingerprint density at radius 1 is 1.00 bits per heavy atom. The number of aromatic hydroxyl groups is 1. The fourth-order valence-corrected chi connectivity index (χ4v) is 4.77. The van der Waals surface area contributed by atoms with E-state index in [2.05, 4.69) is 15.5 Å². The molecule has 0 spiro atoms. The molecule has 4 N–H and O–H groups in total. The summed E-state index contributed by atoms with van der Waals surface area (Å²) in [6, 6.07) is 14.3. The average molecular weight is 555 g/mol. The molecule has 10 heteroatoms. The van der Waals surface area contributed by atoms with Gasteiger partial charge >= 0.3 is 6.09 Å². The van der Waals surface area contributed by atoms with Gasteiger partial charge in [-0.1, -0.05) is 42.5 Å². The van der Waals surface area contributed by atoms with E-state index in [0.717, 1.165) is 11.1 Å². The third-order valence-corrected chi connectivity index (χ3v) is 6.69. The predicted octanol–water partition coefficient (Wildman–Crippen LogP) is 2.08. The van der Waals surface area contributed by atoms with Crippen LogP contribution in [-0.4, -0.2) is 94.4 Å². The molecule has 1 heterocycles. The number of rotatable bonds is 10. The van der Waals surface area contributed by atoms with Gasteiger partial charge < -0.3 is 30.5 Å². The Hall–Kier alpha value is -3.63. The van der Waals surface area contributed by atoms with E-state index in [9.17, 15) is 24.6 Å². The fraction of sp³-hybridized carbons (Fsp3) is 0.500. The van der Waals surface area contributed by atoms with Crippen molar-refractivity contribution in [3.63, 3.8) is 0 Å². The molecule has 1 aliphatic rings. The highest BCUT2D eigenvalue weighted by molar-refractivity contribution is 5.91. The van der Waals surface area contributed by atoms with Crippen molar-refractivity contribution in [1.82, 2.24) is 20.4 Å². The number of ether oxygens (including phenoxy) is 1. The highest BCUT2D eigenvalue weighted by Gasteiger charge is 2.34. The van der Waals surface area contributed by atoms with Crippen molar-refractivity contribution < 1.29 is 29.3 Å². The van der Waals surface area contributed by atoms with Crippen molar-refractivity contribution in [1.29, 1.82) is 0 Å². The number of nitrogens with zero attached hydrogens (tertiary/aromatic N) is 2. The Balaban J connectivity index is 1.72. The molecule has 0 aliphatic carbocycles. The molecule has 0 saturated carbocycles. The number of carbonyl (C=O) groups is 3. The minimum absolute atomic E-state index is 0.0472. The van der Waals surface area contributed by atoms with Gasteiger partial charge in [0.2, 0.25) is 11.8 Å². The number of hydrogen-bond donors (Lipinski definition) is 4. The third-order valence-electron chi connectivity index (χ3n) is 6.69. The van der Waals surface area contributed by atoms with Gasteiger partial charge in [-0.15, -0.1) is 0 Å². The van der Waals surface area contributed by atoms with Gasteiger partial charge in [-0.2, -0.15) is 0 Å². The zero-order valence-corrected chi connectivity index (χ0v) is 23.8. The molecule has 0 bridgehead atoms. The van der Waals surface area contributed by atoms with Gasteiger partial charge in [-0.05, 0) is 57.4 Å². The molecule has 3 atom stereocenters. The normalized spacial score (nSPS) is 17.5. The van der Waals surface area contributed by atoms with E-state index in [1.54, 1.807) is 39.8 Å². The molecule has 3 rings (SSSR count). The first-order valence-corrected chi connectivity index (χ1v) is 13.7. The maximum atomic E-state index is 13.6. The maximum Gasteiger partial charge on any atom is 0.408 e. The highest BCUT2D eigenvalue weighted by atomic mass is 16.6. The van der Waals surface area contributed by atoms with Gasteiger partial charge in [0.25, 0.3) is 0 Å². The van der Waals surface area contributed by atoms with E-state index in [1.165, 1.54) is 12.1 Å². The van der Waals surface area contributed by atoms with Crippen LogP contribution in [0.2, 0.25) is 0 Å².